The van der Waals surface area contributed by atoms with Crippen molar-refractivity contribution in [2.75, 3.05) is 19.0 Å². The molecule has 1 aliphatic rings. The minimum atomic E-state index is -1.19. The molecular formula is C29H39N3O4Si. The molecule has 4 rings (SSSR count). The summed E-state index contributed by atoms with van der Waals surface area (Å²) in [4.78, 5) is 29.5. The predicted octanol–water partition coefficient (Wildman–Crippen LogP) is 6.32. The fraction of sp³-hybridized carbons (Fsp3) is 0.483. The number of anilines is 1. The highest BCUT2D eigenvalue weighted by molar-refractivity contribution is 6.76. The maximum Gasteiger partial charge on any atom is 0.305 e. The van der Waals surface area contributed by atoms with Crippen LogP contribution in [0.1, 0.15) is 32.1 Å². The second kappa shape index (κ2) is 12.0. The third-order valence-corrected chi connectivity index (χ3v) is 8.95. The molecule has 3 aromatic rings. The Morgan fingerprint density at radius 3 is 2.49 bits per heavy atom. The van der Waals surface area contributed by atoms with Crippen molar-refractivity contribution in [3.05, 3.63) is 48.7 Å². The van der Waals surface area contributed by atoms with E-state index in [2.05, 4.69) is 52.7 Å². The van der Waals surface area contributed by atoms with E-state index in [0.29, 0.717) is 19.1 Å². The number of carbonyl (C=O) groups excluding carboxylic acids is 2. The Morgan fingerprint density at radius 2 is 1.81 bits per heavy atom. The molecule has 1 saturated carbocycles. The maximum atomic E-state index is 13.2. The lowest BCUT2D eigenvalue weighted by atomic mass is 9.80. The van der Waals surface area contributed by atoms with E-state index in [4.69, 9.17) is 9.47 Å². The summed E-state index contributed by atoms with van der Waals surface area (Å²) in [5.74, 6) is 0.102. The van der Waals surface area contributed by atoms with Gasteiger partial charge in [-0.2, -0.15) is 0 Å². The van der Waals surface area contributed by atoms with Crippen LogP contribution < -0.4 is 5.32 Å². The summed E-state index contributed by atoms with van der Waals surface area (Å²) in [5.41, 5.74) is 3.66. The normalized spacial score (nSPS) is 18.1. The van der Waals surface area contributed by atoms with Crippen molar-refractivity contribution >= 4 is 36.7 Å². The fourth-order valence-electron chi connectivity index (χ4n) is 4.95. The van der Waals surface area contributed by atoms with E-state index in [9.17, 15) is 9.59 Å². The lowest BCUT2D eigenvalue weighted by Crippen LogP contribution is -2.28. The van der Waals surface area contributed by atoms with Crippen LogP contribution in [0.5, 0.6) is 0 Å². The van der Waals surface area contributed by atoms with E-state index in [1.165, 1.54) is 7.11 Å². The number of fused-ring (bicyclic) bond motifs is 1. The van der Waals surface area contributed by atoms with Crippen molar-refractivity contribution in [3.63, 3.8) is 0 Å². The van der Waals surface area contributed by atoms with Gasteiger partial charge in [-0.05, 0) is 55.3 Å². The third kappa shape index (κ3) is 7.08. The Hall–Kier alpha value is -2.97. The molecule has 2 aromatic heterocycles. The highest BCUT2D eigenvalue weighted by atomic mass is 28.3. The second-order valence-corrected chi connectivity index (χ2v) is 16.9. The number of hydrogen-bond donors (Lipinski definition) is 1. The zero-order chi connectivity index (χ0) is 26.4. The van der Waals surface area contributed by atoms with Crippen LogP contribution in [-0.2, 0) is 25.8 Å². The predicted molar refractivity (Wildman–Crippen MR) is 150 cm³/mol. The first kappa shape index (κ1) is 27.1. The Bertz CT molecular complexity index is 1210. The number of pyridine rings is 1. The third-order valence-electron chi connectivity index (χ3n) is 7.24. The molecule has 0 atom stereocenters. The summed E-state index contributed by atoms with van der Waals surface area (Å²) >= 11 is 0. The molecule has 1 aromatic carbocycles. The number of nitrogens with one attached hydrogen (secondary N) is 1. The van der Waals surface area contributed by atoms with E-state index in [1.54, 1.807) is 6.20 Å². The summed E-state index contributed by atoms with van der Waals surface area (Å²) in [5, 5.41) is 4.09. The number of nitrogens with zero attached hydrogens (tertiary/aromatic N) is 2. The number of methoxy groups -OCH3 is 1. The highest BCUT2D eigenvalue weighted by Gasteiger charge is 2.28. The maximum absolute atomic E-state index is 13.2. The quantitative estimate of drug-likeness (QED) is 0.192. The Morgan fingerprint density at radius 1 is 1.08 bits per heavy atom. The number of benzene rings is 1. The number of esters is 1. The summed E-state index contributed by atoms with van der Waals surface area (Å²) in [7, 11) is 0.234. The van der Waals surface area contributed by atoms with Crippen molar-refractivity contribution in [2.24, 2.45) is 11.8 Å². The number of ether oxygens (including phenoxy) is 2. The molecular weight excluding hydrogens is 482 g/mol. The minimum absolute atomic E-state index is 0.0319. The molecule has 0 saturated heterocycles. The summed E-state index contributed by atoms with van der Waals surface area (Å²) in [6.45, 7) is 8.17. The fourth-order valence-corrected chi connectivity index (χ4v) is 5.71. The van der Waals surface area contributed by atoms with Crippen LogP contribution in [0.4, 0.5) is 5.69 Å². The number of aromatic nitrogens is 2. The van der Waals surface area contributed by atoms with Crippen LogP contribution in [0.2, 0.25) is 25.7 Å². The second-order valence-electron chi connectivity index (χ2n) is 11.3. The number of amides is 1. The van der Waals surface area contributed by atoms with E-state index in [0.717, 1.165) is 66.3 Å². The molecule has 0 radical (unpaired) electrons. The molecule has 1 N–H and O–H groups in total. The van der Waals surface area contributed by atoms with Gasteiger partial charge >= 0.3 is 5.97 Å². The van der Waals surface area contributed by atoms with Gasteiger partial charge in [0, 0.05) is 38.6 Å². The van der Waals surface area contributed by atoms with Gasteiger partial charge in [0.25, 0.3) is 0 Å². The molecule has 0 aliphatic heterocycles. The van der Waals surface area contributed by atoms with Crippen LogP contribution in [0.25, 0.3) is 22.3 Å². The topological polar surface area (TPSA) is 82.5 Å². The van der Waals surface area contributed by atoms with Gasteiger partial charge in [-0.1, -0.05) is 50.0 Å². The largest absolute Gasteiger partial charge is 0.469 e. The van der Waals surface area contributed by atoms with Crippen LogP contribution in [0.15, 0.2) is 48.7 Å². The zero-order valence-electron chi connectivity index (χ0n) is 22.5. The summed E-state index contributed by atoms with van der Waals surface area (Å²) in [6, 6.07) is 15.3. The molecule has 198 valence electrons. The van der Waals surface area contributed by atoms with Crippen molar-refractivity contribution in [3.8, 4) is 11.3 Å². The average molecular weight is 522 g/mol. The van der Waals surface area contributed by atoms with E-state index in [-0.39, 0.29) is 17.8 Å². The van der Waals surface area contributed by atoms with Gasteiger partial charge in [-0.15, -0.1) is 0 Å². The van der Waals surface area contributed by atoms with Gasteiger partial charge in [0.05, 0.1) is 18.5 Å². The number of carbonyl (C=O) groups is 2. The number of hydrogen-bond acceptors (Lipinski definition) is 5. The molecule has 1 aliphatic carbocycles. The molecule has 37 heavy (non-hydrogen) atoms. The van der Waals surface area contributed by atoms with Crippen molar-refractivity contribution in [2.45, 2.75) is 64.5 Å². The van der Waals surface area contributed by atoms with Crippen LogP contribution in [0.3, 0.4) is 0 Å². The van der Waals surface area contributed by atoms with E-state index in [1.807, 2.05) is 24.3 Å². The molecule has 7 nitrogen and oxygen atoms in total. The summed E-state index contributed by atoms with van der Waals surface area (Å²) in [6.07, 6.45) is 5.47. The zero-order valence-corrected chi connectivity index (χ0v) is 23.5. The van der Waals surface area contributed by atoms with Crippen molar-refractivity contribution in [1.82, 2.24) is 9.55 Å². The van der Waals surface area contributed by atoms with E-state index >= 15 is 0 Å². The lowest BCUT2D eigenvalue weighted by molar-refractivity contribution is -0.142. The van der Waals surface area contributed by atoms with E-state index < -0.39 is 8.07 Å². The van der Waals surface area contributed by atoms with Gasteiger partial charge in [0.15, 0.2) is 0 Å². The Kier molecular flexibility index (Phi) is 8.82. The molecule has 8 heteroatoms. The first-order chi connectivity index (χ1) is 17.7. The molecule has 1 amide bonds. The molecule has 0 unspecified atom stereocenters. The van der Waals surface area contributed by atoms with Crippen LogP contribution in [0, 0.1) is 11.8 Å². The minimum Gasteiger partial charge on any atom is -0.469 e. The number of rotatable bonds is 10. The molecule has 0 bridgehead atoms. The van der Waals surface area contributed by atoms with Gasteiger partial charge in [0.1, 0.15) is 12.4 Å². The van der Waals surface area contributed by atoms with Crippen molar-refractivity contribution in [1.29, 1.82) is 0 Å². The monoisotopic (exact) mass is 521 g/mol. The molecule has 2 heterocycles. The average Bonchev–Trinajstić information content (AvgIpc) is 3.26. The summed E-state index contributed by atoms with van der Waals surface area (Å²) < 4.78 is 13.0. The smallest absolute Gasteiger partial charge is 0.305 e. The first-order valence-electron chi connectivity index (χ1n) is 13.2. The lowest BCUT2D eigenvalue weighted by Gasteiger charge is -2.27. The highest BCUT2D eigenvalue weighted by Crippen LogP contribution is 2.34. The van der Waals surface area contributed by atoms with Crippen LogP contribution >= 0.6 is 0 Å². The standard InChI is InChI=1S/C29H39N3O4Si/c1-35-27(33)18-21-10-12-23(13-11-21)29(34)31-25-14-15-30-28-24(25)19-26(22-8-6-5-7-9-22)32(28)20-36-16-17-37(2,3)4/h5-9,14-15,19,21,23H,10-13,16-18,20H2,1-4H3,(H,30,31,34)/t21-,23-. The Balaban J connectivity index is 1.52. The van der Waals surface area contributed by atoms with Gasteiger partial charge in [0.2, 0.25) is 5.91 Å². The first-order valence-corrected chi connectivity index (χ1v) is 16.9. The SMILES string of the molecule is COC(=O)C[C@H]1CC[C@H](C(=O)Nc2ccnc3c2cc(-c2ccccc2)n3COCC[Si](C)(C)C)CC1. The van der Waals surface area contributed by atoms with Gasteiger partial charge < -0.3 is 19.4 Å². The van der Waals surface area contributed by atoms with Crippen LogP contribution in [-0.4, -0.2) is 43.2 Å². The molecule has 1 fully saturated rings. The Labute approximate surface area is 220 Å². The van der Waals surface area contributed by atoms with Gasteiger partial charge in [-0.25, -0.2) is 4.98 Å². The van der Waals surface area contributed by atoms with Crippen molar-refractivity contribution < 1.29 is 19.1 Å². The molecule has 0 spiro atoms. The van der Waals surface area contributed by atoms with Gasteiger partial charge in [-0.3, -0.25) is 9.59 Å².